The summed E-state index contributed by atoms with van der Waals surface area (Å²) in [5.41, 5.74) is -0.793. The average molecular weight is 724 g/mol. The highest BCUT2D eigenvalue weighted by Crippen LogP contribution is 2.58. The van der Waals surface area contributed by atoms with Gasteiger partial charge in [-0.3, -0.25) is 0 Å². The lowest BCUT2D eigenvalue weighted by Gasteiger charge is -2.57. The van der Waals surface area contributed by atoms with Gasteiger partial charge in [0.15, 0.2) is 17.5 Å². The molecule has 3 heterocycles. The van der Waals surface area contributed by atoms with E-state index in [9.17, 15) is 35.4 Å². The number of H-pyrrole nitrogens is 1. The average Bonchev–Trinajstić information content (AvgIpc) is 3.64. The zero-order valence-electron chi connectivity index (χ0n) is 29.3. The van der Waals surface area contributed by atoms with E-state index < -0.39 is 66.3 Å². The number of aliphatic hydroxyl groups is 5. The van der Waals surface area contributed by atoms with Crippen LogP contribution in [0.15, 0.2) is 72.8 Å². The number of nitrogens with one attached hydrogen (secondary N) is 1. The molecule has 8 unspecified atom stereocenters. The molecule has 9 rings (SSSR count). The molecule has 7 N–H and O–H groups in total. The lowest BCUT2D eigenvalue weighted by molar-refractivity contribution is -0.309. The van der Waals surface area contributed by atoms with E-state index in [2.05, 4.69) is 4.98 Å². The van der Waals surface area contributed by atoms with Gasteiger partial charge in [-0.1, -0.05) is 61.7 Å². The molecular weight excluding hydrogens is 678 g/mol. The number of aromatic amines is 1. The number of carbonyl (C=O) groups excluding carboxylic acids is 1. The number of aromatic hydroxyl groups is 1. The third kappa shape index (κ3) is 5.24. The van der Waals surface area contributed by atoms with Gasteiger partial charge in [-0.2, -0.15) is 0 Å². The molecule has 4 aromatic carbocycles. The minimum atomic E-state index is -2.54. The molecule has 53 heavy (non-hydrogen) atoms. The predicted octanol–water partition coefficient (Wildman–Crippen LogP) is 4.84. The molecule has 278 valence electrons. The number of benzene rings is 4. The number of carbonyl (C=O) groups is 1. The Morgan fingerprint density at radius 1 is 0.906 bits per heavy atom. The summed E-state index contributed by atoms with van der Waals surface area (Å²) in [5.74, 6) is -4.02. The molecule has 4 fully saturated rings. The number of hydrogen-bond acceptors (Lipinski definition) is 10. The Morgan fingerprint density at radius 3 is 2.36 bits per heavy atom. The minimum Gasteiger partial charge on any atom is -0.508 e. The number of fused-ring (bicyclic) bond motifs is 6. The van der Waals surface area contributed by atoms with Gasteiger partial charge in [0.05, 0.1) is 35.4 Å². The molecule has 4 aliphatic rings. The third-order valence-electron chi connectivity index (χ3n) is 13.0. The van der Waals surface area contributed by atoms with E-state index in [-0.39, 0.29) is 29.5 Å². The zero-order chi connectivity index (χ0) is 36.7. The molecule has 0 amide bonds. The molecule has 0 spiro atoms. The molecule has 2 aliphatic heterocycles. The summed E-state index contributed by atoms with van der Waals surface area (Å²) in [5, 5.41) is 71.1. The summed E-state index contributed by atoms with van der Waals surface area (Å²) >= 11 is 0. The highest BCUT2D eigenvalue weighted by Gasteiger charge is 2.72. The van der Waals surface area contributed by atoms with E-state index in [1.807, 2.05) is 60.7 Å². The maximum absolute atomic E-state index is 14.4. The van der Waals surface area contributed by atoms with Crippen LogP contribution in [0.4, 0.5) is 0 Å². The van der Waals surface area contributed by atoms with Crippen molar-refractivity contribution in [3.8, 4) is 11.5 Å². The molecular formula is C42H45NO10. The van der Waals surface area contributed by atoms with Crippen molar-refractivity contribution in [3.63, 3.8) is 0 Å². The first-order chi connectivity index (χ1) is 25.6. The molecule has 5 aromatic rings. The van der Waals surface area contributed by atoms with Gasteiger partial charge < -0.3 is 49.8 Å². The van der Waals surface area contributed by atoms with Gasteiger partial charge in [-0.25, -0.2) is 4.79 Å². The van der Waals surface area contributed by atoms with Gasteiger partial charge in [-0.15, -0.1) is 0 Å². The summed E-state index contributed by atoms with van der Waals surface area (Å²) < 4.78 is 18.9. The van der Waals surface area contributed by atoms with E-state index >= 15 is 0 Å². The Kier molecular flexibility index (Phi) is 8.35. The van der Waals surface area contributed by atoms with Crippen molar-refractivity contribution in [2.75, 3.05) is 6.61 Å². The van der Waals surface area contributed by atoms with Crippen LogP contribution in [0, 0.1) is 11.8 Å². The fourth-order valence-corrected chi connectivity index (χ4v) is 10.5. The number of esters is 1. The molecule has 2 saturated carbocycles. The van der Waals surface area contributed by atoms with E-state index in [0.717, 1.165) is 59.2 Å². The second-order valence-electron chi connectivity index (χ2n) is 15.7. The quantitative estimate of drug-likeness (QED) is 0.0947. The predicted molar refractivity (Wildman–Crippen MR) is 195 cm³/mol. The van der Waals surface area contributed by atoms with Crippen LogP contribution in [0.5, 0.6) is 11.5 Å². The molecule has 1 aromatic heterocycles. The van der Waals surface area contributed by atoms with Gasteiger partial charge in [0.2, 0.25) is 5.79 Å². The standard InChI is InChI=1S/C42H45NO10/c44-21-31-36(33-29-19-24-7-3-2-6-23(24)18-25(29)8-14-30(33)43-31)52-39(48)37-38-41(49,42(50,22-45)53-37)20-26-9-15-32(47)34(35(26)51-38)40(16-4-1-5-17-40)27-10-12-28(46)13-11-27/h2-3,6-8,10-14,18-19,26,32,34-35,37-38,43-47,49-50H,1,4-5,9,15-17,20-22H2. The van der Waals surface area contributed by atoms with Crippen LogP contribution in [0.1, 0.15) is 62.6 Å². The maximum atomic E-state index is 14.4. The number of rotatable bonds is 6. The lowest BCUT2D eigenvalue weighted by Crippen LogP contribution is -2.68. The number of hydrogen-bond donors (Lipinski definition) is 7. The minimum absolute atomic E-state index is 0.0370. The Hall–Kier alpha value is -4.07. The number of aromatic nitrogens is 1. The number of aliphatic hydroxyl groups excluding tert-OH is 3. The molecule has 2 saturated heterocycles. The molecule has 11 heteroatoms. The van der Waals surface area contributed by atoms with Gasteiger partial charge in [0.1, 0.15) is 18.5 Å². The van der Waals surface area contributed by atoms with Crippen molar-refractivity contribution in [1.29, 1.82) is 0 Å². The van der Waals surface area contributed by atoms with Crippen LogP contribution in [0.25, 0.3) is 32.4 Å². The van der Waals surface area contributed by atoms with Crippen molar-refractivity contribution in [1.82, 2.24) is 4.98 Å². The summed E-state index contributed by atoms with van der Waals surface area (Å²) in [6.45, 7) is -1.47. The first kappa shape index (κ1) is 34.7. The second kappa shape index (κ2) is 12.8. The maximum Gasteiger partial charge on any atom is 0.343 e. The van der Waals surface area contributed by atoms with Crippen molar-refractivity contribution in [3.05, 3.63) is 84.1 Å². The fraction of sp³-hybridized carbons (Fsp3) is 0.452. The first-order valence-electron chi connectivity index (χ1n) is 18.7. The van der Waals surface area contributed by atoms with Crippen molar-refractivity contribution < 1.29 is 49.6 Å². The highest BCUT2D eigenvalue weighted by atomic mass is 16.7. The van der Waals surface area contributed by atoms with Crippen LogP contribution in [0.2, 0.25) is 0 Å². The van der Waals surface area contributed by atoms with Crippen LogP contribution >= 0.6 is 0 Å². The molecule has 0 radical (unpaired) electrons. The van der Waals surface area contributed by atoms with Crippen LogP contribution in [0.3, 0.4) is 0 Å². The largest absolute Gasteiger partial charge is 0.508 e. The van der Waals surface area contributed by atoms with Gasteiger partial charge >= 0.3 is 5.97 Å². The lowest BCUT2D eigenvalue weighted by atomic mass is 9.54. The van der Waals surface area contributed by atoms with Crippen LogP contribution in [-0.2, 0) is 26.3 Å². The van der Waals surface area contributed by atoms with Crippen molar-refractivity contribution in [2.24, 2.45) is 11.8 Å². The fourth-order valence-electron chi connectivity index (χ4n) is 10.5. The smallest absolute Gasteiger partial charge is 0.343 e. The topological polar surface area (TPSA) is 182 Å². The number of phenols is 1. The molecule has 0 bridgehead atoms. The SMILES string of the molecule is O=C(Oc1c(CO)[nH]c2ccc3cc4ccccc4cc3c12)C1OC(O)(CO)C2(O)CC3CCC(O)C(C4(c5ccc(O)cc5)CCCCC4)C3OC12. The third-order valence-corrected chi connectivity index (χ3v) is 13.0. The summed E-state index contributed by atoms with van der Waals surface area (Å²) in [4.78, 5) is 17.6. The Labute approximate surface area is 305 Å². The number of phenolic OH excluding ortho intramolecular Hbond substituents is 1. The van der Waals surface area contributed by atoms with E-state index in [4.69, 9.17) is 14.2 Å². The summed E-state index contributed by atoms with van der Waals surface area (Å²) in [6.07, 6.45) is 0.935. The van der Waals surface area contributed by atoms with Crippen LogP contribution < -0.4 is 4.74 Å². The van der Waals surface area contributed by atoms with Crippen LogP contribution in [-0.4, -0.2) is 84.0 Å². The van der Waals surface area contributed by atoms with Gasteiger partial charge in [-0.05, 0) is 95.5 Å². The molecule has 8 atom stereocenters. The Balaban J connectivity index is 1.11. The van der Waals surface area contributed by atoms with E-state index in [1.165, 1.54) is 0 Å². The Morgan fingerprint density at radius 2 is 1.64 bits per heavy atom. The monoisotopic (exact) mass is 723 g/mol. The summed E-state index contributed by atoms with van der Waals surface area (Å²) in [7, 11) is 0. The number of ether oxygens (including phenoxy) is 3. The van der Waals surface area contributed by atoms with Gasteiger partial charge in [0, 0.05) is 11.3 Å². The van der Waals surface area contributed by atoms with E-state index in [1.54, 1.807) is 12.1 Å². The second-order valence-corrected chi connectivity index (χ2v) is 15.7. The highest BCUT2D eigenvalue weighted by molar-refractivity contribution is 6.14. The van der Waals surface area contributed by atoms with Crippen molar-refractivity contribution >= 4 is 38.4 Å². The zero-order valence-corrected chi connectivity index (χ0v) is 29.3. The normalized spacial score (nSPS) is 32.5. The summed E-state index contributed by atoms with van der Waals surface area (Å²) in [6, 6.07) is 22.9. The van der Waals surface area contributed by atoms with Crippen molar-refractivity contribution in [2.45, 2.75) is 99.2 Å². The molecule has 11 nitrogen and oxygen atoms in total. The van der Waals surface area contributed by atoms with E-state index in [0.29, 0.717) is 23.7 Å². The Bertz CT molecular complexity index is 2190. The van der Waals surface area contributed by atoms with Gasteiger partial charge in [0.25, 0.3) is 0 Å². The molecule has 2 aliphatic carbocycles. The first-order valence-corrected chi connectivity index (χ1v) is 18.7.